The molecule has 21 heavy (non-hydrogen) atoms. The van der Waals surface area contributed by atoms with Gasteiger partial charge < -0.3 is 4.90 Å². The van der Waals surface area contributed by atoms with E-state index < -0.39 is 0 Å². The fourth-order valence-electron chi connectivity index (χ4n) is 1.75. The molecular formula is C16H13ClN2OS. The molecule has 0 atom stereocenters. The maximum Gasteiger partial charge on any atom is 0.202 e. The Hall–Kier alpha value is -2.09. The molecule has 1 aromatic carbocycles. The number of carbonyl (C=O) groups excluding carboxylic acids is 1. The first-order valence-electron chi connectivity index (χ1n) is 6.20. The van der Waals surface area contributed by atoms with Crippen LogP contribution in [0.25, 0.3) is 5.57 Å². The van der Waals surface area contributed by atoms with Gasteiger partial charge in [-0.05, 0) is 36.4 Å². The molecule has 2 rings (SSSR count). The molecule has 0 amide bonds. The second-order valence-electron chi connectivity index (χ2n) is 4.62. The van der Waals surface area contributed by atoms with Crippen molar-refractivity contribution in [2.45, 2.75) is 0 Å². The Balaban J connectivity index is 2.30. The summed E-state index contributed by atoms with van der Waals surface area (Å²) in [7, 11) is 3.70. The Labute approximate surface area is 132 Å². The second kappa shape index (κ2) is 6.57. The lowest BCUT2D eigenvalue weighted by Gasteiger charge is -2.04. The number of nitriles is 1. The minimum absolute atomic E-state index is 0.0648. The average molecular weight is 317 g/mol. The van der Waals surface area contributed by atoms with Crippen LogP contribution in [0.15, 0.2) is 42.6 Å². The topological polar surface area (TPSA) is 44.1 Å². The summed E-state index contributed by atoms with van der Waals surface area (Å²) < 4.78 is 0. The van der Waals surface area contributed by atoms with Crippen LogP contribution in [0.2, 0.25) is 5.02 Å². The number of halogens is 1. The van der Waals surface area contributed by atoms with Crippen LogP contribution in [0, 0.1) is 11.3 Å². The number of hydrogen-bond donors (Lipinski definition) is 0. The van der Waals surface area contributed by atoms with Gasteiger partial charge in [-0.1, -0.05) is 11.6 Å². The Kier molecular flexibility index (Phi) is 4.79. The van der Waals surface area contributed by atoms with Crippen molar-refractivity contribution in [1.29, 1.82) is 5.26 Å². The zero-order chi connectivity index (χ0) is 15.4. The first kappa shape index (κ1) is 15.3. The predicted octanol–water partition coefficient (Wildman–Crippen LogP) is 4.06. The molecule has 0 saturated carbocycles. The van der Waals surface area contributed by atoms with Gasteiger partial charge in [-0.25, -0.2) is 0 Å². The number of hydrogen-bond acceptors (Lipinski definition) is 4. The summed E-state index contributed by atoms with van der Waals surface area (Å²) in [6, 6.07) is 12.5. The van der Waals surface area contributed by atoms with E-state index in [2.05, 4.69) is 6.07 Å². The lowest BCUT2D eigenvalue weighted by atomic mass is 10.1. The quantitative estimate of drug-likeness (QED) is 0.631. The van der Waals surface area contributed by atoms with Crippen LogP contribution >= 0.6 is 22.9 Å². The van der Waals surface area contributed by atoms with Crippen molar-refractivity contribution in [2.75, 3.05) is 14.1 Å². The first-order chi connectivity index (χ1) is 10.0. The molecule has 0 N–H and O–H groups in total. The molecular weight excluding hydrogens is 304 g/mol. The molecule has 0 saturated heterocycles. The summed E-state index contributed by atoms with van der Waals surface area (Å²) in [6.07, 6.45) is 1.74. The molecule has 1 aromatic heterocycles. The largest absolute Gasteiger partial charge is 0.382 e. The van der Waals surface area contributed by atoms with E-state index in [0.717, 1.165) is 4.88 Å². The monoisotopic (exact) mass is 316 g/mol. The number of rotatable bonds is 4. The molecule has 0 unspecified atom stereocenters. The van der Waals surface area contributed by atoms with Gasteiger partial charge in [0.1, 0.15) is 6.07 Å². The third kappa shape index (κ3) is 3.72. The zero-order valence-corrected chi connectivity index (χ0v) is 13.2. The molecule has 106 valence electrons. The van der Waals surface area contributed by atoms with E-state index in [0.29, 0.717) is 21.0 Å². The second-order valence-corrected chi connectivity index (χ2v) is 6.14. The molecule has 0 bridgehead atoms. The van der Waals surface area contributed by atoms with Gasteiger partial charge in [0.05, 0.1) is 10.5 Å². The van der Waals surface area contributed by atoms with Crippen molar-refractivity contribution in [3.63, 3.8) is 0 Å². The van der Waals surface area contributed by atoms with Crippen LogP contribution in [0.5, 0.6) is 0 Å². The fourth-order valence-corrected chi connectivity index (χ4v) is 2.81. The molecule has 0 aliphatic carbocycles. The van der Waals surface area contributed by atoms with Crippen LogP contribution in [0.4, 0.5) is 0 Å². The highest BCUT2D eigenvalue weighted by Crippen LogP contribution is 2.26. The van der Waals surface area contributed by atoms with Crippen molar-refractivity contribution in [1.82, 2.24) is 4.90 Å². The van der Waals surface area contributed by atoms with Crippen molar-refractivity contribution < 1.29 is 4.79 Å². The van der Waals surface area contributed by atoms with Gasteiger partial charge in [0, 0.05) is 35.8 Å². The first-order valence-corrected chi connectivity index (χ1v) is 7.39. The SMILES string of the molecule is CN(C)/C=C(/C#N)c1ccc(C(=O)c2ccc(Cl)cc2)s1. The van der Waals surface area contributed by atoms with Crippen LogP contribution in [0.1, 0.15) is 20.1 Å². The van der Waals surface area contributed by atoms with E-state index in [1.165, 1.54) is 11.3 Å². The molecule has 0 fully saturated rings. The third-order valence-electron chi connectivity index (χ3n) is 2.71. The average Bonchev–Trinajstić information content (AvgIpc) is 2.94. The van der Waals surface area contributed by atoms with E-state index in [1.807, 2.05) is 14.1 Å². The Morgan fingerprint density at radius 3 is 2.38 bits per heavy atom. The van der Waals surface area contributed by atoms with Crippen molar-refractivity contribution in [3.8, 4) is 6.07 Å². The van der Waals surface area contributed by atoms with Crippen LogP contribution in [-0.2, 0) is 0 Å². The lowest BCUT2D eigenvalue weighted by Crippen LogP contribution is -2.01. The highest BCUT2D eigenvalue weighted by Gasteiger charge is 2.13. The Morgan fingerprint density at radius 2 is 1.81 bits per heavy atom. The summed E-state index contributed by atoms with van der Waals surface area (Å²) in [5, 5.41) is 9.78. The summed E-state index contributed by atoms with van der Waals surface area (Å²) in [5.74, 6) is -0.0648. The van der Waals surface area contributed by atoms with Gasteiger partial charge in [-0.15, -0.1) is 11.3 Å². The third-order valence-corrected chi connectivity index (χ3v) is 4.08. The molecule has 0 spiro atoms. The van der Waals surface area contributed by atoms with Gasteiger partial charge in [-0.2, -0.15) is 5.26 Å². The number of carbonyl (C=O) groups is 1. The Bertz CT molecular complexity index is 723. The van der Waals surface area contributed by atoms with Crippen LogP contribution in [0.3, 0.4) is 0 Å². The van der Waals surface area contributed by atoms with Crippen molar-refractivity contribution in [3.05, 3.63) is 62.9 Å². The van der Waals surface area contributed by atoms with E-state index in [4.69, 9.17) is 11.6 Å². The van der Waals surface area contributed by atoms with Crippen molar-refractivity contribution in [2.24, 2.45) is 0 Å². The predicted molar refractivity (Wildman–Crippen MR) is 86.5 cm³/mol. The Morgan fingerprint density at radius 1 is 1.19 bits per heavy atom. The normalized spacial score (nSPS) is 11.0. The molecule has 3 nitrogen and oxygen atoms in total. The number of nitrogens with zero attached hydrogens (tertiary/aromatic N) is 2. The highest BCUT2D eigenvalue weighted by molar-refractivity contribution is 7.15. The van der Waals surface area contributed by atoms with Gasteiger partial charge >= 0.3 is 0 Å². The summed E-state index contributed by atoms with van der Waals surface area (Å²) in [6.45, 7) is 0. The molecule has 0 aliphatic rings. The van der Waals surface area contributed by atoms with Gasteiger partial charge in [0.25, 0.3) is 0 Å². The highest BCUT2D eigenvalue weighted by atomic mass is 35.5. The van der Waals surface area contributed by atoms with Gasteiger partial charge in [0.15, 0.2) is 0 Å². The standard InChI is InChI=1S/C16H13ClN2OS/c1-19(2)10-12(9-18)14-7-8-15(21-14)16(20)11-3-5-13(17)6-4-11/h3-8,10H,1-2H3/b12-10-. The summed E-state index contributed by atoms with van der Waals surface area (Å²) in [5.41, 5.74) is 1.13. The lowest BCUT2D eigenvalue weighted by molar-refractivity contribution is 0.104. The summed E-state index contributed by atoms with van der Waals surface area (Å²) >= 11 is 7.13. The van der Waals surface area contributed by atoms with Crippen molar-refractivity contribution >= 4 is 34.3 Å². The van der Waals surface area contributed by atoms with E-state index in [9.17, 15) is 10.1 Å². The molecule has 5 heteroatoms. The number of thiophene rings is 1. The fraction of sp³-hybridized carbons (Fsp3) is 0.125. The smallest absolute Gasteiger partial charge is 0.202 e. The minimum atomic E-state index is -0.0648. The molecule has 0 aliphatic heterocycles. The van der Waals surface area contributed by atoms with E-state index in [-0.39, 0.29) is 5.78 Å². The maximum atomic E-state index is 12.4. The molecule has 1 heterocycles. The zero-order valence-electron chi connectivity index (χ0n) is 11.6. The molecule has 0 radical (unpaired) electrons. The van der Waals surface area contributed by atoms with E-state index in [1.54, 1.807) is 47.5 Å². The van der Waals surface area contributed by atoms with Crippen LogP contribution in [-0.4, -0.2) is 24.8 Å². The minimum Gasteiger partial charge on any atom is -0.382 e. The maximum absolute atomic E-state index is 12.4. The van der Waals surface area contributed by atoms with Gasteiger partial charge in [0.2, 0.25) is 5.78 Å². The van der Waals surface area contributed by atoms with Gasteiger partial charge in [-0.3, -0.25) is 4.79 Å². The number of benzene rings is 1. The summed E-state index contributed by atoms with van der Waals surface area (Å²) in [4.78, 5) is 15.5. The number of allylic oxidation sites excluding steroid dienone is 1. The number of ketones is 1. The van der Waals surface area contributed by atoms with Crippen LogP contribution < -0.4 is 0 Å². The molecule has 2 aromatic rings. The van der Waals surface area contributed by atoms with E-state index >= 15 is 0 Å².